The van der Waals surface area contributed by atoms with Crippen LogP contribution < -0.4 is 5.73 Å². The van der Waals surface area contributed by atoms with Gasteiger partial charge in [0.2, 0.25) is 0 Å². The van der Waals surface area contributed by atoms with E-state index in [2.05, 4.69) is 9.72 Å². The predicted molar refractivity (Wildman–Crippen MR) is 68.6 cm³/mol. The van der Waals surface area contributed by atoms with Gasteiger partial charge in [0.25, 0.3) is 0 Å². The van der Waals surface area contributed by atoms with Gasteiger partial charge in [0, 0.05) is 5.92 Å². The van der Waals surface area contributed by atoms with Crippen LogP contribution in [0, 0.1) is 5.92 Å². The van der Waals surface area contributed by atoms with Crippen LogP contribution in [0.25, 0.3) is 0 Å². The largest absolute Gasteiger partial charge is 0.464 e. The molecule has 20 heavy (non-hydrogen) atoms. The van der Waals surface area contributed by atoms with E-state index in [0.717, 1.165) is 17.8 Å². The number of rotatable bonds is 2. The Morgan fingerprint density at radius 1 is 1.40 bits per heavy atom. The van der Waals surface area contributed by atoms with Crippen LogP contribution in [0.15, 0.2) is 0 Å². The van der Waals surface area contributed by atoms with Gasteiger partial charge in [-0.05, 0) is 12.8 Å². The van der Waals surface area contributed by atoms with Gasteiger partial charge in [0.05, 0.1) is 18.0 Å². The third-order valence-electron chi connectivity index (χ3n) is 3.55. The number of thiazole rings is 1. The molecule has 4 nitrogen and oxygen atoms in total. The Morgan fingerprint density at radius 2 is 2.05 bits per heavy atom. The number of methoxy groups -OCH3 is 1. The first-order chi connectivity index (χ1) is 9.34. The summed E-state index contributed by atoms with van der Waals surface area (Å²) in [5.74, 6) is -2.84. The van der Waals surface area contributed by atoms with Crippen LogP contribution in [-0.2, 0) is 4.74 Å². The fraction of sp³-hybridized carbons (Fsp3) is 0.667. The highest BCUT2D eigenvalue weighted by Gasteiger charge is 2.47. The van der Waals surface area contributed by atoms with Crippen LogP contribution in [0.2, 0.25) is 0 Å². The van der Waals surface area contributed by atoms with Gasteiger partial charge in [-0.1, -0.05) is 12.8 Å². The molecule has 2 unspecified atom stereocenters. The number of aromatic nitrogens is 1. The molecule has 0 amide bonds. The highest BCUT2D eigenvalue weighted by atomic mass is 32.1. The molecule has 1 aliphatic carbocycles. The first-order valence-electron chi connectivity index (χ1n) is 6.25. The fourth-order valence-electron chi connectivity index (χ4n) is 2.57. The monoisotopic (exact) mass is 308 g/mol. The molecule has 2 rings (SSSR count). The summed E-state index contributed by atoms with van der Waals surface area (Å²) in [5, 5.41) is 0.392. The van der Waals surface area contributed by atoms with E-state index in [1.54, 1.807) is 0 Å². The second-order valence-electron chi connectivity index (χ2n) is 4.80. The van der Waals surface area contributed by atoms with E-state index in [0.29, 0.717) is 12.8 Å². The average molecular weight is 308 g/mol. The Bertz CT molecular complexity index is 501. The molecule has 2 atom stereocenters. The van der Waals surface area contributed by atoms with Crippen LogP contribution in [0.1, 0.15) is 47.1 Å². The van der Waals surface area contributed by atoms with E-state index >= 15 is 0 Å². The number of ether oxygens (including phenoxy) is 1. The van der Waals surface area contributed by atoms with Crippen molar-refractivity contribution in [3.63, 3.8) is 0 Å². The van der Waals surface area contributed by atoms with Crippen LogP contribution in [0.5, 0.6) is 0 Å². The standard InChI is InChI=1S/C12H15F3N2O2S/c1-19-11(18)8-9(16)20-10(17-8)6-4-2-3-5-7(6)12(13,14)15/h6-7H,2-5,16H2,1H3. The molecule has 1 aromatic heterocycles. The molecule has 0 radical (unpaired) electrons. The van der Waals surface area contributed by atoms with E-state index in [1.165, 1.54) is 7.11 Å². The molecule has 2 N–H and O–H groups in total. The third kappa shape index (κ3) is 2.89. The summed E-state index contributed by atoms with van der Waals surface area (Å²) < 4.78 is 43.7. The van der Waals surface area contributed by atoms with E-state index in [-0.39, 0.29) is 22.1 Å². The molecule has 1 heterocycles. The van der Waals surface area contributed by atoms with Crippen LogP contribution >= 0.6 is 11.3 Å². The number of nitrogens with zero attached hydrogens (tertiary/aromatic N) is 1. The minimum absolute atomic E-state index is 0.0843. The van der Waals surface area contributed by atoms with Crippen molar-refractivity contribution >= 4 is 22.3 Å². The van der Waals surface area contributed by atoms with Gasteiger partial charge in [-0.3, -0.25) is 0 Å². The van der Waals surface area contributed by atoms with Gasteiger partial charge in [-0.25, -0.2) is 9.78 Å². The second kappa shape index (κ2) is 5.59. The molecule has 0 aliphatic heterocycles. The summed E-state index contributed by atoms with van der Waals surface area (Å²) in [5.41, 5.74) is 5.57. The normalized spacial score (nSPS) is 23.6. The van der Waals surface area contributed by atoms with Crippen molar-refractivity contribution in [2.24, 2.45) is 5.92 Å². The lowest BCUT2D eigenvalue weighted by atomic mass is 9.79. The average Bonchev–Trinajstić information content (AvgIpc) is 2.79. The van der Waals surface area contributed by atoms with Crippen LogP contribution in [-0.4, -0.2) is 24.2 Å². The van der Waals surface area contributed by atoms with E-state index < -0.39 is 24.0 Å². The van der Waals surface area contributed by atoms with Crippen molar-refractivity contribution < 1.29 is 22.7 Å². The molecule has 1 aromatic rings. The molecule has 1 aliphatic rings. The lowest BCUT2D eigenvalue weighted by Crippen LogP contribution is -2.31. The van der Waals surface area contributed by atoms with Crippen molar-refractivity contribution in [2.45, 2.75) is 37.8 Å². The minimum Gasteiger partial charge on any atom is -0.464 e. The number of esters is 1. The molecule has 0 aromatic carbocycles. The minimum atomic E-state index is -4.25. The number of carbonyl (C=O) groups is 1. The summed E-state index contributed by atoms with van der Waals surface area (Å²) >= 11 is 0.950. The Hall–Kier alpha value is -1.31. The van der Waals surface area contributed by atoms with Crippen LogP contribution in [0.4, 0.5) is 18.2 Å². The van der Waals surface area contributed by atoms with Crippen LogP contribution in [0.3, 0.4) is 0 Å². The maximum Gasteiger partial charge on any atom is 0.392 e. The van der Waals surface area contributed by atoms with Gasteiger partial charge in [-0.15, -0.1) is 11.3 Å². The molecule has 1 fully saturated rings. The number of hydrogen-bond donors (Lipinski definition) is 1. The third-order valence-corrected chi connectivity index (χ3v) is 4.57. The van der Waals surface area contributed by atoms with Crippen molar-refractivity contribution in [1.82, 2.24) is 4.98 Å². The number of nitrogens with two attached hydrogens (primary N) is 1. The number of nitrogen functional groups attached to an aromatic ring is 1. The summed E-state index contributed by atoms with van der Waals surface area (Å²) in [6.07, 6.45) is -2.45. The first-order valence-corrected chi connectivity index (χ1v) is 7.07. The van der Waals surface area contributed by atoms with Gasteiger partial charge in [0.1, 0.15) is 5.00 Å². The van der Waals surface area contributed by atoms with Gasteiger partial charge in [-0.2, -0.15) is 13.2 Å². The van der Waals surface area contributed by atoms with Crippen molar-refractivity contribution in [2.75, 3.05) is 12.8 Å². The highest BCUT2D eigenvalue weighted by Crippen LogP contribution is 2.47. The van der Waals surface area contributed by atoms with Crippen molar-refractivity contribution in [3.05, 3.63) is 10.7 Å². The Labute approximate surface area is 118 Å². The van der Waals surface area contributed by atoms with Crippen molar-refractivity contribution in [3.8, 4) is 0 Å². The fourth-order valence-corrected chi connectivity index (χ4v) is 3.59. The summed E-state index contributed by atoms with van der Waals surface area (Å²) in [6, 6.07) is 0. The topological polar surface area (TPSA) is 65.2 Å². The summed E-state index contributed by atoms with van der Waals surface area (Å²) in [6.45, 7) is 0. The first kappa shape index (κ1) is 15.1. The number of hydrogen-bond acceptors (Lipinski definition) is 5. The molecule has 8 heteroatoms. The zero-order valence-electron chi connectivity index (χ0n) is 10.9. The number of anilines is 1. The summed E-state index contributed by atoms with van der Waals surface area (Å²) in [7, 11) is 1.18. The second-order valence-corrected chi connectivity index (χ2v) is 5.86. The molecule has 0 spiro atoms. The number of carbonyl (C=O) groups excluding carboxylic acids is 1. The van der Waals surface area contributed by atoms with E-state index in [4.69, 9.17) is 5.73 Å². The van der Waals surface area contributed by atoms with Crippen molar-refractivity contribution in [1.29, 1.82) is 0 Å². The Kier molecular flexibility index (Phi) is 4.22. The predicted octanol–water partition coefficient (Wildman–Crippen LogP) is 3.35. The molecular weight excluding hydrogens is 293 g/mol. The lowest BCUT2D eigenvalue weighted by Gasteiger charge is -2.31. The van der Waals surface area contributed by atoms with Gasteiger partial charge < -0.3 is 10.5 Å². The number of alkyl halides is 3. The smallest absolute Gasteiger partial charge is 0.392 e. The SMILES string of the molecule is COC(=O)c1nc(C2CCCCC2C(F)(F)F)sc1N. The highest BCUT2D eigenvalue weighted by molar-refractivity contribution is 7.16. The van der Waals surface area contributed by atoms with E-state index in [1.807, 2.05) is 0 Å². The molecule has 1 saturated carbocycles. The quantitative estimate of drug-likeness (QED) is 0.851. The van der Waals surface area contributed by atoms with Gasteiger partial charge in [0.15, 0.2) is 5.69 Å². The maximum atomic E-state index is 13.1. The Morgan fingerprint density at radius 3 is 2.65 bits per heavy atom. The number of halogens is 3. The van der Waals surface area contributed by atoms with E-state index in [9.17, 15) is 18.0 Å². The summed E-state index contributed by atoms with van der Waals surface area (Å²) in [4.78, 5) is 15.4. The van der Waals surface area contributed by atoms with Gasteiger partial charge >= 0.3 is 12.1 Å². The molecule has 0 saturated heterocycles. The molecular formula is C12H15F3N2O2S. The Balaban J connectivity index is 2.31. The zero-order valence-corrected chi connectivity index (χ0v) is 11.7. The zero-order chi connectivity index (χ0) is 14.9. The molecule has 112 valence electrons. The molecule has 0 bridgehead atoms. The maximum absolute atomic E-state index is 13.1. The lowest BCUT2D eigenvalue weighted by molar-refractivity contribution is -0.187.